The van der Waals surface area contributed by atoms with Crippen LogP contribution in [-0.2, 0) is 6.42 Å². The van der Waals surface area contributed by atoms with Crippen LogP contribution < -0.4 is 5.73 Å². The molecule has 5 nitrogen and oxygen atoms in total. The van der Waals surface area contributed by atoms with Crippen molar-refractivity contribution in [1.29, 1.82) is 0 Å². The largest absolute Gasteiger partial charge is 0.391 e. The molecule has 0 bridgehead atoms. The summed E-state index contributed by atoms with van der Waals surface area (Å²) in [7, 11) is 0. The third kappa shape index (κ3) is 5.15. The lowest BCUT2D eigenvalue weighted by atomic mass is 9.74. The average Bonchev–Trinajstić information content (AvgIpc) is 2.83. The van der Waals surface area contributed by atoms with Gasteiger partial charge in [-0.2, -0.15) is 0 Å². The summed E-state index contributed by atoms with van der Waals surface area (Å²) < 4.78 is 69.1. The third-order valence-electron chi connectivity index (χ3n) is 6.65. The maximum absolute atomic E-state index is 14.5. The number of hydrogen-bond donors (Lipinski definition) is 2. The highest BCUT2D eigenvalue weighted by atomic mass is 19.3. The molecule has 1 fully saturated rings. The molecule has 0 unspecified atom stereocenters. The number of aliphatic hydroxyl groups is 1. The lowest BCUT2D eigenvalue weighted by Crippen LogP contribution is -2.44. The number of aliphatic hydroxyl groups excluding tert-OH is 1. The predicted molar refractivity (Wildman–Crippen MR) is 122 cm³/mol. The minimum Gasteiger partial charge on any atom is -0.391 e. The summed E-state index contributed by atoms with van der Waals surface area (Å²) in [4.78, 5) is 21.0. The second-order valence-corrected chi connectivity index (χ2v) is 9.16. The van der Waals surface area contributed by atoms with Gasteiger partial charge in [-0.15, -0.1) is 0 Å². The van der Waals surface area contributed by atoms with Crippen LogP contribution in [0.25, 0.3) is 11.3 Å². The summed E-state index contributed by atoms with van der Waals surface area (Å²) in [5, 5.41) is 10.2. The molecule has 0 radical (unpaired) electrons. The van der Waals surface area contributed by atoms with Crippen LogP contribution in [0.4, 0.5) is 22.0 Å². The van der Waals surface area contributed by atoms with Crippen LogP contribution in [0.15, 0.2) is 42.7 Å². The van der Waals surface area contributed by atoms with Crippen LogP contribution in [-0.4, -0.2) is 33.0 Å². The number of hydrogen-bond acceptors (Lipinski definition) is 5. The first-order valence-corrected chi connectivity index (χ1v) is 11.4. The van der Waals surface area contributed by atoms with E-state index >= 15 is 0 Å². The summed E-state index contributed by atoms with van der Waals surface area (Å²) in [5.41, 5.74) is 4.67. The highest BCUT2D eigenvalue weighted by Crippen LogP contribution is 2.37. The molecule has 4 atom stereocenters. The highest BCUT2D eigenvalue weighted by molar-refractivity contribution is 5.96. The van der Waals surface area contributed by atoms with Crippen molar-refractivity contribution in [1.82, 2.24) is 9.97 Å². The Balaban J connectivity index is 1.64. The van der Waals surface area contributed by atoms with Gasteiger partial charge in [0.05, 0.1) is 11.7 Å². The molecule has 1 saturated carbocycles. The normalized spacial score (nSPS) is 22.1. The van der Waals surface area contributed by atoms with Gasteiger partial charge >= 0.3 is 0 Å². The summed E-state index contributed by atoms with van der Waals surface area (Å²) in [5.74, 6) is -4.55. The minimum atomic E-state index is -3.12. The second kappa shape index (κ2) is 10.4. The number of ketones is 1. The number of nitrogens with two attached hydrogens (primary N) is 1. The van der Waals surface area contributed by atoms with Gasteiger partial charge in [-0.05, 0) is 66.1 Å². The molecular weight excluding hydrogens is 481 g/mol. The van der Waals surface area contributed by atoms with Crippen molar-refractivity contribution in [2.45, 2.75) is 50.7 Å². The predicted octanol–water partition coefficient (Wildman–Crippen LogP) is 5.13. The number of benzene rings is 1. The average molecular weight is 505 g/mol. The van der Waals surface area contributed by atoms with Gasteiger partial charge in [-0.1, -0.05) is 6.92 Å². The number of pyridine rings is 2. The zero-order valence-corrected chi connectivity index (χ0v) is 19.3. The van der Waals surface area contributed by atoms with E-state index in [1.807, 2.05) is 6.92 Å². The van der Waals surface area contributed by atoms with E-state index in [2.05, 4.69) is 9.97 Å². The van der Waals surface area contributed by atoms with Crippen LogP contribution >= 0.6 is 0 Å². The molecule has 36 heavy (non-hydrogen) atoms. The molecule has 1 aliphatic carbocycles. The first kappa shape index (κ1) is 25.8. The maximum Gasteiger partial charge on any atom is 0.264 e. The maximum atomic E-state index is 14.5. The van der Waals surface area contributed by atoms with Gasteiger partial charge in [-0.3, -0.25) is 9.78 Å². The van der Waals surface area contributed by atoms with Gasteiger partial charge < -0.3 is 10.8 Å². The number of aromatic nitrogens is 2. The van der Waals surface area contributed by atoms with Crippen molar-refractivity contribution in [2.75, 3.05) is 0 Å². The molecule has 10 heteroatoms. The highest BCUT2D eigenvalue weighted by Gasteiger charge is 2.34. The van der Waals surface area contributed by atoms with Gasteiger partial charge in [0, 0.05) is 30.4 Å². The van der Waals surface area contributed by atoms with E-state index in [-0.39, 0.29) is 24.0 Å². The Kier molecular flexibility index (Phi) is 7.46. The molecule has 0 aliphatic heterocycles. The second-order valence-electron chi connectivity index (χ2n) is 9.16. The quantitative estimate of drug-likeness (QED) is 0.358. The molecule has 2 heterocycles. The van der Waals surface area contributed by atoms with Crippen LogP contribution in [0, 0.1) is 23.4 Å². The first-order valence-electron chi connectivity index (χ1n) is 11.4. The van der Waals surface area contributed by atoms with E-state index in [9.17, 15) is 31.9 Å². The van der Waals surface area contributed by atoms with Gasteiger partial charge in [0.25, 0.3) is 6.43 Å². The summed E-state index contributed by atoms with van der Waals surface area (Å²) in [6, 6.07) is 4.13. The number of halogens is 5. The van der Waals surface area contributed by atoms with Crippen LogP contribution in [0.2, 0.25) is 0 Å². The van der Waals surface area contributed by atoms with Crippen molar-refractivity contribution < 1.29 is 31.9 Å². The monoisotopic (exact) mass is 505 g/mol. The van der Waals surface area contributed by atoms with Crippen molar-refractivity contribution in [3.8, 4) is 11.3 Å². The Morgan fingerprint density at radius 3 is 2.44 bits per heavy atom. The SMILES string of the molecule is C[C@H]1C[C@@H](c2ccncc2CC(=O)c2ccc(F)c(-c3c(F)cc(C(F)F)cc3F)n2)C[C@@H](N)[C@@H]1O. The number of carbonyl (C=O) groups is 1. The standard InChI is InChI=1S/C26H24F5N3O2/c1-12-6-13(9-20(32)25(12)36)16-4-5-33-11-15(16)10-22(35)21-3-2-17(27)24(34-21)23-18(28)7-14(26(30)31)8-19(23)29/h2-5,7-8,11-13,20,25-26,36H,6,9-10,32H2,1H3/t12-,13+,20+,25+/m0/s1. The number of alkyl halides is 2. The summed E-state index contributed by atoms with van der Waals surface area (Å²) in [6.07, 6.45) is 0.390. The number of Topliss-reactive ketones (excluding diaryl/α,β-unsaturated/α-hetero) is 1. The van der Waals surface area contributed by atoms with Crippen molar-refractivity contribution in [3.05, 3.63) is 82.6 Å². The zero-order chi connectivity index (χ0) is 26.1. The van der Waals surface area contributed by atoms with Crippen molar-refractivity contribution in [2.24, 2.45) is 11.7 Å². The van der Waals surface area contributed by atoms with Crippen molar-refractivity contribution >= 4 is 5.78 Å². The molecular formula is C26H24F5N3O2. The van der Waals surface area contributed by atoms with E-state index < -0.39 is 58.6 Å². The van der Waals surface area contributed by atoms with Gasteiger partial charge in [0.2, 0.25) is 0 Å². The fourth-order valence-corrected chi connectivity index (χ4v) is 4.79. The number of carbonyl (C=O) groups excluding carboxylic acids is 1. The van der Waals surface area contributed by atoms with E-state index in [0.717, 1.165) is 17.7 Å². The number of rotatable bonds is 6. The Morgan fingerprint density at radius 1 is 1.11 bits per heavy atom. The lowest BCUT2D eigenvalue weighted by molar-refractivity contribution is 0.0519. The minimum absolute atomic E-state index is 0.0162. The third-order valence-corrected chi connectivity index (χ3v) is 6.65. The van der Waals surface area contributed by atoms with E-state index in [1.165, 1.54) is 6.20 Å². The van der Waals surface area contributed by atoms with E-state index in [4.69, 9.17) is 5.73 Å². The van der Waals surface area contributed by atoms with E-state index in [1.54, 1.807) is 12.3 Å². The van der Waals surface area contributed by atoms with Gasteiger partial charge in [0.15, 0.2) is 5.78 Å². The Bertz CT molecular complexity index is 1250. The molecule has 1 aromatic carbocycles. The molecule has 2 aromatic heterocycles. The molecule has 3 aromatic rings. The molecule has 0 spiro atoms. The molecule has 0 amide bonds. The Labute approximate surface area is 204 Å². The van der Waals surface area contributed by atoms with Gasteiger partial charge in [-0.25, -0.2) is 26.9 Å². The fourth-order valence-electron chi connectivity index (χ4n) is 4.79. The van der Waals surface area contributed by atoms with Crippen LogP contribution in [0.3, 0.4) is 0 Å². The molecule has 0 saturated heterocycles. The van der Waals surface area contributed by atoms with E-state index in [0.29, 0.717) is 30.5 Å². The first-order chi connectivity index (χ1) is 17.1. The summed E-state index contributed by atoms with van der Waals surface area (Å²) in [6.45, 7) is 1.90. The molecule has 3 N–H and O–H groups in total. The Hall–Kier alpha value is -3.24. The van der Waals surface area contributed by atoms with Crippen molar-refractivity contribution in [3.63, 3.8) is 0 Å². The van der Waals surface area contributed by atoms with Gasteiger partial charge in [0.1, 0.15) is 28.8 Å². The van der Waals surface area contributed by atoms with Crippen LogP contribution in [0.5, 0.6) is 0 Å². The fraction of sp³-hybridized carbons (Fsp3) is 0.346. The zero-order valence-electron chi connectivity index (χ0n) is 19.3. The Morgan fingerprint density at radius 2 is 1.81 bits per heavy atom. The van der Waals surface area contributed by atoms with Crippen LogP contribution in [0.1, 0.15) is 59.3 Å². The summed E-state index contributed by atoms with van der Waals surface area (Å²) >= 11 is 0. The number of nitrogens with zero attached hydrogens (tertiary/aromatic N) is 2. The smallest absolute Gasteiger partial charge is 0.264 e. The molecule has 1 aliphatic rings. The topological polar surface area (TPSA) is 89.1 Å². The molecule has 190 valence electrons. The lowest BCUT2D eigenvalue weighted by Gasteiger charge is -2.36. The molecule has 4 rings (SSSR count).